The van der Waals surface area contributed by atoms with Crippen LogP contribution >= 0.6 is 0 Å². The maximum absolute atomic E-state index is 12.7. The third-order valence-corrected chi connectivity index (χ3v) is 11.0. The van der Waals surface area contributed by atoms with Crippen LogP contribution in [-0.4, -0.2) is 99.9 Å². The lowest BCUT2D eigenvalue weighted by molar-refractivity contribution is -0.621. The SMILES string of the molecule is CO[C@H]1CC[C@H](N2C(=O)CNc3ncc(-c4ccc(C(C)(C)O)[n+]([O-])c4)nc32)CC1.Cc1cc(C(N)=O)ncc1-c1cnc2c(n1)N(CC1CCOCC1)C(=O)CN2. The molecule has 18 nitrogen and oxygen atoms in total. The minimum atomic E-state index is -1.25. The van der Waals surface area contributed by atoms with Crippen LogP contribution in [0, 0.1) is 18.0 Å². The topological polar surface area (TPSA) is 238 Å². The Morgan fingerprint density at radius 1 is 0.966 bits per heavy atom. The Kier molecular flexibility index (Phi) is 11.8. The van der Waals surface area contributed by atoms with E-state index in [2.05, 4.69) is 25.6 Å². The fourth-order valence-electron chi connectivity index (χ4n) is 7.72. The molecule has 1 aliphatic carbocycles. The summed E-state index contributed by atoms with van der Waals surface area (Å²) in [7, 11) is 1.72. The summed E-state index contributed by atoms with van der Waals surface area (Å²) in [6, 6.07) is 4.99. The van der Waals surface area contributed by atoms with Gasteiger partial charge in [-0.1, -0.05) is 0 Å². The highest BCUT2D eigenvalue weighted by Crippen LogP contribution is 2.35. The van der Waals surface area contributed by atoms with E-state index in [4.69, 9.17) is 25.2 Å². The number of nitrogens with two attached hydrogens (primary N) is 1. The number of hydrogen-bond acceptors (Lipinski definition) is 14. The van der Waals surface area contributed by atoms with E-state index in [1.54, 1.807) is 67.5 Å². The molecule has 7 heterocycles. The van der Waals surface area contributed by atoms with Crippen molar-refractivity contribution in [1.82, 2.24) is 24.9 Å². The predicted molar refractivity (Wildman–Crippen MR) is 214 cm³/mol. The molecule has 4 aliphatic rings. The number of anilines is 4. The summed E-state index contributed by atoms with van der Waals surface area (Å²) in [6.07, 6.45) is 11.7. The highest BCUT2D eigenvalue weighted by molar-refractivity contribution is 6.02. The van der Waals surface area contributed by atoms with E-state index in [0.717, 1.165) is 62.9 Å². The summed E-state index contributed by atoms with van der Waals surface area (Å²) >= 11 is 0. The number of carbonyl (C=O) groups excluding carboxylic acids is 3. The van der Waals surface area contributed by atoms with E-state index in [0.29, 0.717) is 57.4 Å². The maximum Gasteiger partial charge on any atom is 0.267 e. The molecule has 0 aromatic carbocycles. The Hall–Kier alpha value is -5.85. The van der Waals surface area contributed by atoms with Crippen LogP contribution in [0.5, 0.6) is 0 Å². The predicted octanol–water partition coefficient (Wildman–Crippen LogP) is 2.85. The monoisotopic (exact) mass is 795 g/mol. The number of hydrogen-bond donors (Lipinski definition) is 4. The molecule has 4 aromatic heterocycles. The van der Waals surface area contributed by atoms with E-state index >= 15 is 0 Å². The van der Waals surface area contributed by atoms with Crippen LogP contribution < -0.4 is 30.9 Å². The van der Waals surface area contributed by atoms with Crippen LogP contribution in [-0.2, 0) is 24.7 Å². The number of fused-ring (bicyclic) bond motifs is 2. The van der Waals surface area contributed by atoms with Gasteiger partial charge in [0.1, 0.15) is 11.3 Å². The first-order valence-corrected chi connectivity index (χ1v) is 19.5. The molecule has 0 atom stereocenters. The van der Waals surface area contributed by atoms with Gasteiger partial charge in [0.05, 0.1) is 48.5 Å². The van der Waals surface area contributed by atoms with Crippen molar-refractivity contribution in [2.45, 2.75) is 77.0 Å². The van der Waals surface area contributed by atoms with Crippen LogP contribution in [0.3, 0.4) is 0 Å². The molecular weight excluding hydrogens is 747 g/mol. The quantitative estimate of drug-likeness (QED) is 0.148. The Morgan fingerprint density at radius 2 is 1.62 bits per heavy atom. The number of amides is 3. The minimum absolute atomic E-state index is 0.0237. The fraction of sp³-hybridized carbons (Fsp3) is 0.475. The van der Waals surface area contributed by atoms with Gasteiger partial charge in [0.15, 0.2) is 29.5 Å². The third kappa shape index (κ3) is 8.68. The number of nitrogens with one attached hydrogen (secondary N) is 2. The molecule has 0 spiro atoms. The Morgan fingerprint density at radius 3 is 2.26 bits per heavy atom. The highest BCUT2D eigenvalue weighted by atomic mass is 16.5. The van der Waals surface area contributed by atoms with Gasteiger partial charge in [-0.3, -0.25) is 29.2 Å². The zero-order valence-corrected chi connectivity index (χ0v) is 33.1. The van der Waals surface area contributed by atoms with Crippen LogP contribution in [0.4, 0.5) is 23.3 Å². The smallest absolute Gasteiger partial charge is 0.267 e. The molecule has 8 rings (SSSR count). The summed E-state index contributed by atoms with van der Waals surface area (Å²) in [4.78, 5) is 62.5. The number of primary amides is 1. The zero-order chi connectivity index (χ0) is 41.1. The molecule has 18 heteroatoms. The maximum atomic E-state index is 12.7. The second-order valence-electron chi connectivity index (χ2n) is 15.5. The first-order valence-electron chi connectivity index (χ1n) is 19.5. The second-order valence-corrected chi connectivity index (χ2v) is 15.5. The van der Waals surface area contributed by atoms with Crippen molar-refractivity contribution in [2.75, 3.05) is 60.4 Å². The van der Waals surface area contributed by atoms with E-state index in [1.807, 2.05) is 6.92 Å². The van der Waals surface area contributed by atoms with E-state index in [-0.39, 0.29) is 48.4 Å². The highest BCUT2D eigenvalue weighted by Gasteiger charge is 2.36. The van der Waals surface area contributed by atoms with Gasteiger partial charge >= 0.3 is 0 Å². The van der Waals surface area contributed by atoms with Crippen LogP contribution in [0.15, 0.2) is 43.0 Å². The van der Waals surface area contributed by atoms with E-state index < -0.39 is 11.5 Å². The standard InChI is InChI=1S/C21H27N5O4.C19H22N6O3/c1-21(2,28)17-9-4-13(12-25(17)29)16-10-22-19-20(24-16)26(18(27)11-23-19)14-5-7-15(30-3)8-6-14;1-11-6-14(17(20)27)21-7-13(11)15-8-22-18-19(24-15)25(16(26)9-23-18)10-12-2-4-28-5-3-12/h4,9-10,12,14-15,28H,5-8,11H2,1-3H3,(H,22,23);6-8,12H,2-5,9-10H2,1H3,(H2,20,27)(H,22,23)/t14-,15-;. The number of ether oxygens (including phenoxy) is 2. The summed E-state index contributed by atoms with van der Waals surface area (Å²) in [5.74, 6) is 1.92. The summed E-state index contributed by atoms with van der Waals surface area (Å²) in [5, 5.41) is 28.6. The summed E-state index contributed by atoms with van der Waals surface area (Å²) < 4.78 is 11.5. The van der Waals surface area contributed by atoms with Crippen molar-refractivity contribution < 1.29 is 33.7 Å². The average molecular weight is 796 g/mol. The molecule has 5 N–H and O–H groups in total. The van der Waals surface area contributed by atoms with Gasteiger partial charge in [-0.25, -0.2) is 19.9 Å². The molecular formula is C40H49N11O7. The van der Waals surface area contributed by atoms with Crippen molar-refractivity contribution >= 4 is 41.0 Å². The first kappa shape index (κ1) is 40.4. The lowest BCUT2D eigenvalue weighted by Crippen LogP contribution is -2.49. The number of pyridine rings is 2. The summed E-state index contributed by atoms with van der Waals surface area (Å²) in [5.41, 5.74) is 7.68. The van der Waals surface area contributed by atoms with Crippen molar-refractivity contribution in [3.63, 3.8) is 0 Å². The van der Waals surface area contributed by atoms with Gasteiger partial charge in [-0.15, -0.1) is 0 Å². The largest absolute Gasteiger partial charge is 0.618 e. The van der Waals surface area contributed by atoms with Crippen molar-refractivity contribution in [2.24, 2.45) is 11.7 Å². The van der Waals surface area contributed by atoms with Gasteiger partial charge < -0.3 is 36.2 Å². The molecule has 58 heavy (non-hydrogen) atoms. The Bertz CT molecular complexity index is 2180. The zero-order valence-electron chi connectivity index (χ0n) is 33.1. The summed E-state index contributed by atoms with van der Waals surface area (Å²) in [6.45, 7) is 7.41. The lowest BCUT2D eigenvalue weighted by atomic mass is 9.91. The van der Waals surface area contributed by atoms with E-state index in [1.165, 1.54) is 6.20 Å². The number of carbonyl (C=O) groups is 3. The molecule has 1 saturated carbocycles. The van der Waals surface area contributed by atoms with Gasteiger partial charge in [0, 0.05) is 50.7 Å². The molecule has 2 fully saturated rings. The molecule has 1 saturated heterocycles. The number of nitrogens with zero attached hydrogens (tertiary/aromatic N) is 8. The molecule has 0 bridgehead atoms. The minimum Gasteiger partial charge on any atom is -0.618 e. The third-order valence-electron chi connectivity index (χ3n) is 11.0. The molecule has 306 valence electrons. The van der Waals surface area contributed by atoms with Crippen molar-refractivity contribution in [3.05, 3.63) is 65.1 Å². The first-order chi connectivity index (χ1) is 27.8. The van der Waals surface area contributed by atoms with Crippen molar-refractivity contribution in [3.8, 4) is 22.5 Å². The van der Waals surface area contributed by atoms with Gasteiger partial charge in [0.25, 0.3) is 5.91 Å². The Labute approximate surface area is 335 Å². The van der Waals surface area contributed by atoms with Gasteiger partial charge in [-0.05, 0) is 82.9 Å². The number of methoxy groups -OCH3 is 1. The molecule has 0 radical (unpaired) electrons. The molecule has 3 aliphatic heterocycles. The fourth-order valence-corrected chi connectivity index (χ4v) is 7.72. The molecule has 0 unspecified atom stereocenters. The van der Waals surface area contributed by atoms with E-state index in [9.17, 15) is 24.7 Å². The van der Waals surface area contributed by atoms with Gasteiger partial charge in [-0.2, -0.15) is 4.73 Å². The average Bonchev–Trinajstić information content (AvgIpc) is 3.21. The van der Waals surface area contributed by atoms with Crippen LogP contribution in [0.2, 0.25) is 0 Å². The van der Waals surface area contributed by atoms with Crippen LogP contribution in [0.1, 0.15) is 74.1 Å². The number of aromatic nitrogens is 6. The van der Waals surface area contributed by atoms with Gasteiger partial charge in [0.2, 0.25) is 17.5 Å². The van der Waals surface area contributed by atoms with Crippen LogP contribution in [0.25, 0.3) is 22.5 Å². The van der Waals surface area contributed by atoms with Crippen molar-refractivity contribution in [1.29, 1.82) is 0 Å². The second kappa shape index (κ2) is 16.9. The lowest BCUT2D eigenvalue weighted by Gasteiger charge is -2.38. The molecule has 3 amide bonds. The Balaban J connectivity index is 0.000000177. The normalized spacial score (nSPS) is 19.6. The number of rotatable bonds is 8. The number of aliphatic hydroxyl groups is 1. The molecule has 4 aromatic rings. The number of aryl methyl sites for hydroxylation is 1.